The van der Waals surface area contributed by atoms with Crippen molar-refractivity contribution in [2.75, 3.05) is 18.0 Å². The van der Waals surface area contributed by atoms with Crippen molar-refractivity contribution in [3.63, 3.8) is 0 Å². The molecule has 1 amide bonds. The monoisotopic (exact) mass is 303 g/mol. The maximum absolute atomic E-state index is 14.2. The van der Waals surface area contributed by atoms with Gasteiger partial charge in [0.05, 0.1) is 24.0 Å². The van der Waals surface area contributed by atoms with E-state index in [0.29, 0.717) is 5.69 Å². The first-order chi connectivity index (χ1) is 10.6. The third kappa shape index (κ3) is 2.44. The molecule has 1 atom stereocenters. The zero-order valence-corrected chi connectivity index (χ0v) is 11.4. The summed E-state index contributed by atoms with van der Waals surface area (Å²) in [6, 6.07) is 4.25. The molecule has 0 bridgehead atoms. The molecule has 0 aliphatic carbocycles. The van der Waals surface area contributed by atoms with E-state index in [4.69, 9.17) is 10.5 Å². The topological polar surface area (TPSA) is 90.5 Å². The first-order valence-electron chi connectivity index (χ1n) is 6.53. The van der Waals surface area contributed by atoms with Crippen LogP contribution in [0.5, 0.6) is 0 Å². The molecule has 1 radical (unpaired) electrons. The Kier molecular flexibility index (Phi) is 3.60. The number of carbonyl (C=O) groups is 1. The number of nitrogens with two attached hydrogens (primary N) is 1. The Balaban J connectivity index is 1.89. The molecule has 2 heterocycles. The predicted molar refractivity (Wildman–Crippen MR) is 75.0 cm³/mol. The molecule has 1 saturated heterocycles. The van der Waals surface area contributed by atoms with Crippen LogP contribution in [0.4, 0.5) is 14.9 Å². The molecule has 2 aromatic rings. The van der Waals surface area contributed by atoms with Gasteiger partial charge < -0.3 is 10.5 Å². The summed E-state index contributed by atoms with van der Waals surface area (Å²) in [6.07, 6.45) is 3.36. The highest BCUT2D eigenvalue weighted by atomic mass is 19.1. The van der Waals surface area contributed by atoms with Crippen molar-refractivity contribution >= 4 is 18.1 Å². The van der Waals surface area contributed by atoms with Crippen molar-refractivity contribution < 1.29 is 18.7 Å². The summed E-state index contributed by atoms with van der Waals surface area (Å²) in [4.78, 5) is 23.6. The highest BCUT2D eigenvalue weighted by Crippen LogP contribution is 2.25. The number of amides is 1. The molecular formula is C14H12FN4O3. The zero-order valence-electron chi connectivity index (χ0n) is 11.4. The molecule has 113 valence electrons. The third-order valence-electron chi connectivity index (χ3n) is 3.33. The van der Waals surface area contributed by atoms with E-state index in [1.165, 1.54) is 34.1 Å². The number of anilines is 1. The van der Waals surface area contributed by atoms with Crippen molar-refractivity contribution in [3.8, 4) is 5.69 Å². The molecule has 7 nitrogen and oxygen atoms in total. The Morgan fingerprint density at radius 3 is 2.91 bits per heavy atom. The molecule has 1 aliphatic rings. The molecule has 0 saturated carbocycles. The van der Waals surface area contributed by atoms with Crippen molar-refractivity contribution in [1.29, 1.82) is 0 Å². The summed E-state index contributed by atoms with van der Waals surface area (Å²) in [5.74, 6) is -0.581. The van der Waals surface area contributed by atoms with Crippen LogP contribution in [0.15, 0.2) is 30.6 Å². The largest absolute Gasteiger partial charge is 0.443 e. The average Bonchev–Trinajstić information content (AvgIpc) is 3.13. The number of cyclic esters (lactones) is 1. The number of aromatic nitrogens is 2. The van der Waals surface area contributed by atoms with E-state index in [9.17, 15) is 14.0 Å². The van der Waals surface area contributed by atoms with Crippen molar-refractivity contribution in [3.05, 3.63) is 42.0 Å². The number of halogens is 1. The normalized spacial score (nSPS) is 17.6. The van der Waals surface area contributed by atoms with Gasteiger partial charge in [0, 0.05) is 12.7 Å². The van der Waals surface area contributed by atoms with Crippen LogP contribution in [-0.2, 0) is 9.53 Å². The lowest BCUT2D eigenvalue weighted by Crippen LogP contribution is -2.27. The van der Waals surface area contributed by atoms with E-state index in [1.807, 2.05) is 0 Å². The molecule has 0 spiro atoms. The summed E-state index contributed by atoms with van der Waals surface area (Å²) >= 11 is 0. The molecule has 1 aromatic heterocycles. The molecule has 1 aromatic carbocycles. The van der Waals surface area contributed by atoms with E-state index < -0.39 is 18.0 Å². The Morgan fingerprint density at radius 2 is 2.32 bits per heavy atom. The maximum Gasteiger partial charge on any atom is 0.414 e. The summed E-state index contributed by atoms with van der Waals surface area (Å²) in [6.45, 7) is 0.487. The van der Waals surface area contributed by atoms with Gasteiger partial charge in [-0.15, -0.1) is 0 Å². The van der Waals surface area contributed by atoms with Gasteiger partial charge in [-0.05, 0) is 18.2 Å². The van der Waals surface area contributed by atoms with Crippen LogP contribution in [0.1, 0.15) is 5.56 Å². The zero-order chi connectivity index (χ0) is 15.7. The highest BCUT2D eigenvalue weighted by Gasteiger charge is 2.31. The SMILES string of the molecule is NCC1CN(c2ccc(-n3cc([C]=O)cn3)c(F)c2)C(=O)O1. The van der Waals surface area contributed by atoms with Gasteiger partial charge in [0.25, 0.3) is 0 Å². The van der Waals surface area contributed by atoms with E-state index in [-0.39, 0.29) is 24.3 Å². The molecule has 2 N–H and O–H groups in total. The minimum Gasteiger partial charge on any atom is -0.443 e. The number of benzene rings is 1. The molecule has 1 aliphatic heterocycles. The Morgan fingerprint density at radius 1 is 1.50 bits per heavy atom. The molecule has 8 heteroatoms. The van der Waals surface area contributed by atoms with Crippen molar-refractivity contribution in [1.82, 2.24) is 9.78 Å². The molecule has 22 heavy (non-hydrogen) atoms. The second-order valence-electron chi connectivity index (χ2n) is 4.76. The van der Waals surface area contributed by atoms with Gasteiger partial charge in [-0.25, -0.2) is 13.9 Å². The Bertz CT molecular complexity index is 731. The fraction of sp³-hybridized carbons (Fsp3) is 0.214. The van der Waals surface area contributed by atoms with Crippen molar-refractivity contribution in [2.45, 2.75) is 6.10 Å². The molecule has 1 fully saturated rings. The fourth-order valence-electron chi connectivity index (χ4n) is 2.21. The van der Waals surface area contributed by atoms with Gasteiger partial charge in [-0.3, -0.25) is 9.69 Å². The highest BCUT2D eigenvalue weighted by molar-refractivity contribution is 5.89. The van der Waals surface area contributed by atoms with Gasteiger partial charge in [-0.2, -0.15) is 5.10 Å². The van der Waals surface area contributed by atoms with Gasteiger partial charge in [0.15, 0.2) is 5.82 Å². The smallest absolute Gasteiger partial charge is 0.414 e. The quantitative estimate of drug-likeness (QED) is 0.900. The molecular weight excluding hydrogens is 291 g/mol. The second kappa shape index (κ2) is 5.57. The van der Waals surface area contributed by atoms with Gasteiger partial charge in [-0.1, -0.05) is 0 Å². The predicted octanol–water partition coefficient (Wildman–Crippen LogP) is 0.753. The molecule has 1 unspecified atom stereocenters. The standard InChI is InChI=1S/C14H12FN4O3/c15-12-3-10(18-7-11(4-16)22-14(18)21)1-2-13(12)19-6-9(8-20)5-17-19/h1-3,5-6,11H,4,7,16H2. The van der Waals surface area contributed by atoms with Crippen LogP contribution in [-0.4, -0.2) is 41.4 Å². The summed E-state index contributed by atoms with van der Waals surface area (Å²) < 4.78 is 20.5. The number of hydrogen-bond donors (Lipinski definition) is 1. The van der Waals surface area contributed by atoms with Crippen LogP contribution in [0.25, 0.3) is 5.69 Å². The van der Waals surface area contributed by atoms with Crippen molar-refractivity contribution in [2.24, 2.45) is 5.73 Å². The summed E-state index contributed by atoms with van der Waals surface area (Å²) in [5.41, 5.74) is 6.21. The van der Waals surface area contributed by atoms with Crippen LogP contribution < -0.4 is 10.6 Å². The van der Waals surface area contributed by atoms with Gasteiger partial charge in [0.1, 0.15) is 11.8 Å². The number of carbonyl (C=O) groups excluding carboxylic acids is 2. The lowest BCUT2D eigenvalue weighted by atomic mass is 10.2. The third-order valence-corrected chi connectivity index (χ3v) is 3.33. The van der Waals surface area contributed by atoms with E-state index >= 15 is 0 Å². The number of ether oxygens (including phenoxy) is 1. The lowest BCUT2D eigenvalue weighted by molar-refractivity contribution is 0.145. The number of hydrogen-bond acceptors (Lipinski definition) is 5. The number of rotatable bonds is 4. The van der Waals surface area contributed by atoms with Crippen LogP contribution >= 0.6 is 0 Å². The van der Waals surface area contributed by atoms with Gasteiger partial charge >= 0.3 is 6.09 Å². The Hall–Kier alpha value is -2.74. The van der Waals surface area contributed by atoms with E-state index in [2.05, 4.69) is 5.10 Å². The number of nitrogens with zero attached hydrogens (tertiary/aromatic N) is 3. The minimum absolute atomic E-state index is 0.160. The average molecular weight is 303 g/mol. The van der Waals surface area contributed by atoms with Gasteiger partial charge in [0.2, 0.25) is 6.29 Å². The second-order valence-corrected chi connectivity index (χ2v) is 4.76. The van der Waals surface area contributed by atoms with E-state index in [0.717, 1.165) is 0 Å². The maximum atomic E-state index is 14.2. The Labute approximate surface area is 125 Å². The van der Waals surface area contributed by atoms with Crippen LogP contribution in [0.3, 0.4) is 0 Å². The summed E-state index contributed by atoms with van der Waals surface area (Å²) in [7, 11) is 0. The lowest BCUT2D eigenvalue weighted by Gasteiger charge is -2.14. The molecule has 3 rings (SSSR count). The summed E-state index contributed by atoms with van der Waals surface area (Å²) in [5, 5.41) is 3.88. The first kappa shape index (κ1) is 14.2. The fourth-order valence-corrected chi connectivity index (χ4v) is 2.21. The minimum atomic E-state index is -0.581. The van der Waals surface area contributed by atoms with Crippen LogP contribution in [0.2, 0.25) is 0 Å². The first-order valence-corrected chi connectivity index (χ1v) is 6.53. The van der Waals surface area contributed by atoms with Crippen LogP contribution in [0, 0.1) is 5.82 Å². The van der Waals surface area contributed by atoms with E-state index in [1.54, 1.807) is 12.4 Å².